The van der Waals surface area contributed by atoms with Crippen LogP contribution in [0.15, 0.2) is 30.3 Å². The molecule has 17 heavy (non-hydrogen) atoms. The van der Waals surface area contributed by atoms with E-state index in [9.17, 15) is 0 Å². The topological polar surface area (TPSA) is 29.3 Å². The van der Waals surface area contributed by atoms with Gasteiger partial charge in [-0.25, -0.2) is 0 Å². The van der Waals surface area contributed by atoms with Crippen molar-refractivity contribution in [2.75, 3.05) is 20.1 Å². The monoisotopic (exact) mass is 234 g/mol. The van der Waals surface area contributed by atoms with E-state index in [-0.39, 0.29) is 6.04 Å². The van der Waals surface area contributed by atoms with Crippen LogP contribution in [0.2, 0.25) is 0 Å². The highest BCUT2D eigenvalue weighted by Crippen LogP contribution is 2.19. The molecule has 0 spiro atoms. The van der Waals surface area contributed by atoms with E-state index in [4.69, 9.17) is 5.73 Å². The maximum absolute atomic E-state index is 6.29. The molecule has 0 heterocycles. The molecule has 2 heteroatoms. The summed E-state index contributed by atoms with van der Waals surface area (Å²) in [5.74, 6) is 0.485. The Morgan fingerprint density at radius 3 is 2.47 bits per heavy atom. The summed E-state index contributed by atoms with van der Waals surface area (Å²) < 4.78 is 0. The molecule has 0 aliphatic carbocycles. The first-order valence-electron chi connectivity index (χ1n) is 6.64. The third-order valence-electron chi connectivity index (χ3n) is 3.29. The van der Waals surface area contributed by atoms with E-state index >= 15 is 0 Å². The van der Waals surface area contributed by atoms with E-state index < -0.39 is 0 Å². The Morgan fingerprint density at radius 1 is 1.24 bits per heavy atom. The van der Waals surface area contributed by atoms with Gasteiger partial charge >= 0.3 is 0 Å². The average Bonchev–Trinajstić information content (AvgIpc) is 2.36. The van der Waals surface area contributed by atoms with E-state index in [1.165, 1.54) is 24.9 Å². The van der Waals surface area contributed by atoms with Crippen LogP contribution in [-0.2, 0) is 0 Å². The number of unbranched alkanes of at least 4 members (excludes halogenated alkanes) is 1. The molecule has 1 rings (SSSR count). The van der Waals surface area contributed by atoms with Crippen LogP contribution in [0.4, 0.5) is 0 Å². The molecule has 1 aromatic rings. The minimum atomic E-state index is 0.139. The number of benzene rings is 1. The van der Waals surface area contributed by atoms with Gasteiger partial charge < -0.3 is 10.6 Å². The molecule has 2 atom stereocenters. The zero-order chi connectivity index (χ0) is 12.7. The fourth-order valence-corrected chi connectivity index (χ4v) is 2.13. The lowest BCUT2D eigenvalue weighted by Gasteiger charge is -2.25. The Kier molecular flexibility index (Phi) is 6.23. The normalized spacial score (nSPS) is 14.9. The summed E-state index contributed by atoms with van der Waals surface area (Å²) in [6, 6.07) is 10.5. The highest BCUT2D eigenvalue weighted by Gasteiger charge is 2.16. The first-order valence-corrected chi connectivity index (χ1v) is 6.64. The number of hydrogen-bond donors (Lipinski definition) is 1. The van der Waals surface area contributed by atoms with Gasteiger partial charge in [-0.1, -0.05) is 50.6 Å². The molecule has 0 saturated heterocycles. The highest BCUT2D eigenvalue weighted by atomic mass is 15.1. The van der Waals surface area contributed by atoms with Crippen molar-refractivity contribution in [2.24, 2.45) is 11.7 Å². The minimum Gasteiger partial charge on any atom is -0.324 e. The van der Waals surface area contributed by atoms with Crippen LogP contribution in [0.5, 0.6) is 0 Å². The van der Waals surface area contributed by atoms with Crippen molar-refractivity contribution in [3.63, 3.8) is 0 Å². The van der Waals surface area contributed by atoms with Crippen molar-refractivity contribution < 1.29 is 0 Å². The van der Waals surface area contributed by atoms with Crippen LogP contribution in [0.3, 0.4) is 0 Å². The lowest BCUT2D eigenvalue weighted by atomic mass is 9.95. The van der Waals surface area contributed by atoms with Gasteiger partial charge in [0.05, 0.1) is 0 Å². The quantitative estimate of drug-likeness (QED) is 0.785. The second-order valence-electron chi connectivity index (χ2n) is 5.03. The van der Waals surface area contributed by atoms with Gasteiger partial charge in [0.2, 0.25) is 0 Å². The van der Waals surface area contributed by atoms with Crippen LogP contribution in [0.25, 0.3) is 0 Å². The molecule has 0 amide bonds. The van der Waals surface area contributed by atoms with Crippen LogP contribution in [0.1, 0.15) is 38.3 Å². The number of nitrogens with zero attached hydrogens (tertiary/aromatic N) is 1. The molecule has 0 aromatic heterocycles. The molecule has 0 fully saturated rings. The van der Waals surface area contributed by atoms with Crippen molar-refractivity contribution in [1.29, 1.82) is 0 Å². The maximum Gasteiger partial charge on any atom is 0.0333 e. The van der Waals surface area contributed by atoms with E-state index in [1.807, 2.05) is 6.07 Å². The molecule has 2 N–H and O–H groups in total. The molecule has 0 radical (unpaired) electrons. The third-order valence-corrected chi connectivity index (χ3v) is 3.29. The Balaban J connectivity index is 2.44. The summed E-state index contributed by atoms with van der Waals surface area (Å²) in [4.78, 5) is 2.39. The Morgan fingerprint density at radius 2 is 1.88 bits per heavy atom. The van der Waals surface area contributed by atoms with Gasteiger partial charge in [-0.05, 0) is 31.5 Å². The summed E-state index contributed by atoms with van der Waals surface area (Å²) >= 11 is 0. The molecule has 0 saturated carbocycles. The maximum atomic E-state index is 6.29. The van der Waals surface area contributed by atoms with Gasteiger partial charge in [0.1, 0.15) is 0 Å². The summed E-state index contributed by atoms with van der Waals surface area (Å²) in [6.45, 7) is 6.70. The van der Waals surface area contributed by atoms with Crippen LogP contribution >= 0.6 is 0 Å². The molecule has 1 aromatic carbocycles. The van der Waals surface area contributed by atoms with Crippen molar-refractivity contribution >= 4 is 0 Å². The fraction of sp³-hybridized carbons (Fsp3) is 0.600. The fourth-order valence-electron chi connectivity index (χ4n) is 2.13. The average molecular weight is 234 g/mol. The van der Waals surface area contributed by atoms with Gasteiger partial charge in [-0.3, -0.25) is 0 Å². The summed E-state index contributed by atoms with van der Waals surface area (Å²) in [6.07, 6.45) is 2.52. The van der Waals surface area contributed by atoms with E-state index in [1.54, 1.807) is 0 Å². The van der Waals surface area contributed by atoms with Crippen molar-refractivity contribution in [2.45, 2.75) is 32.7 Å². The van der Waals surface area contributed by atoms with Gasteiger partial charge in [0, 0.05) is 12.6 Å². The molecular formula is C15H26N2. The predicted molar refractivity (Wildman–Crippen MR) is 74.9 cm³/mol. The van der Waals surface area contributed by atoms with E-state index in [2.05, 4.69) is 50.1 Å². The Bertz CT molecular complexity index is 297. The van der Waals surface area contributed by atoms with Crippen molar-refractivity contribution in [3.8, 4) is 0 Å². The zero-order valence-corrected chi connectivity index (χ0v) is 11.4. The predicted octanol–water partition coefficient (Wildman–Crippen LogP) is 3.05. The Labute approximate surface area is 106 Å². The standard InChI is InChI=1S/C15H26N2/c1-4-5-11-17(3)12-13(2)15(16)14-9-7-6-8-10-14/h6-10,13,15H,4-5,11-12,16H2,1-3H3. The van der Waals surface area contributed by atoms with Crippen LogP contribution in [0, 0.1) is 5.92 Å². The first kappa shape index (κ1) is 14.2. The van der Waals surface area contributed by atoms with Crippen LogP contribution in [-0.4, -0.2) is 25.0 Å². The minimum absolute atomic E-state index is 0.139. The van der Waals surface area contributed by atoms with Gasteiger partial charge in [0.15, 0.2) is 0 Å². The first-order chi connectivity index (χ1) is 8.15. The van der Waals surface area contributed by atoms with E-state index in [0.29, 0.717) is 5.92 Å². The zero-order valence-electron chi connectivity index (χ0n) is 11.4. The molecular weight excluding hydrogens is 208 g/mol. The number of hydrogen-bond acceptors (Lipinski definition) is 2. The highest BCUT2D eigenvalue weighted by molar-refractivity contribution is 5.19. The molecule has 2 nitrogen and oxygen atoms in total. The van der Waals surface area contributed by atoms with Gasteiger partial charge in [-0.2, -0.15) is 0 Å². The van der Waals surface area contributed by atoms with Gasteiger partial charge in [-0.15, -0.1) is 0 Å². The summed E-state index contributed by atoms with van der Waals surface area (Å²) in [5.41, 5.74) is 7.53. The number of nitrogens with two attached hydrogens (primary N) is 1. The number of rotatable bonds is 7. The summed E-state index contributed by atoms with van der Waals surface area (Å²) in [5, 5.41) is 0. The SMILES string of the molecule is CCCCN(C)CC(C)C(N)c1ccccc1. The molecule has 0 bridgehead atoms. The van der Waals surface area contributed by atoms with Gasteiger partial charge in [0.25, 0.3) is 0 Å². The third kappa shape index (κ3) is 4.88. The molecule has 2 unspecified atom stereocenters. The molecule has 0 aliphatic heterocycles. The summed E-state index contributed by atoms with van der Waals surface area (Å²) in [7, 11) is 2.18. The van der Waals surface area contributed by atoms with Crippen molar-refractivity contribution in [1.82, 2.24) is 4.90 Å². The molecule has 96 valence electrons. The lowest BCUT2D eigenvalue weighted by molar-refractivity contribution is 0.261. The van der Waals surface area contributed by atoms with Crippen molar-refractivity contribution in [3.05, 3.63) is 35.9 Å². The lowest BCUT2D eigenvalue weighted by Crippen LogP contribution is -2.31. The van der Waals surface area contributed by atoms with Crippen LogP contribution < -0.4 is 5.73 Å². The Hall–Kier alpha value is -0.860. The van der Waals surface area contributed by atoms with E-state index in [0.717, 1.165) is 6.54 Å². The second kappa shape index (κ2) is 7.46. The smallest absolute Gasteiger partial charge is 0.0333 e. The second-order valence-corrected chi connectivity index (χ2v) is 5.03. The largest absolute Gasteiger partial charge is 0.324 e. The molecule has 0 aliphatic rings.